The zero-order valence-electron chi connectivity index (χ0n) is 19.8. The molecule has 1 aliphatic rings. The lowest BCUT2D eigenvalue weighted by Gasteiger charge is -2.15. The smallest absolute Gasteiger partial charge is 0.353 e. The molecule has 1 amide bonds. The summed E-state index contributed by atoms with van der Waals surface area (Å²) in [4.78, 5) is 28.0. The van der Waals surface area contributed by atoms with Gasteiger partial charge in [0.1, 0.15) is 9.20 Å². The summed E-state index contributed by atoms with van der Waals surface area (Å²) in [5, 5.41) is 1.81. The molecule has 186 valence electrons. The van der Waals surface area contributed by atoms with Crippen molar-refractivity contribution in [3.05, 3.63) is 74.8 Å². The van der Waals surface area contributed by atoms with Gasteiger partial charge in [-0.25, -0.2) is 4.79 Å². The second-order valence-corrected chi connectivity index (χ2v) is 10.2. The largest absolute Gasteiger partial charge is 0.493 e. The maximum Gasteiger partial charge on any atom is 0.353 e. The van der Waals surface area contributed by atoms with E-state index in [4.69, 9.17) is 31.2 Å². The Morgan fingerprint density at radius 1 is 0.972 bits per heavy atom. The number of nitrogens with zero attached hydrogens (tertiary/aromatic N) is 1. The van der Waals surface area contributed by atoms with E-state index in [1.165, 1.54) is 30.2 Å². The third-order valence-corrected chi connectivity index (χ3v) is 7.58. The number of carbonyl (C=O) groups is 2. The third-order valence-electron chi connectivity index (χ3n) is 5.36. The number of hydrogen-bond donors (Lipinski definition) is 0. The summed E-state index contributed by atoms with van der Waals surface area (Å²) >= 11 is 8.02. The molecule has 2 heterocycles. The van der Waals surface area contributed by atoms with Gasteiger partial charge >= 0.3 is 5.97 Å². The van der Waals surface area contributed by atoms with E-state index in [-0.39, 0.29) is 5.91 Å². The predicted octanol–water partition coefficient (Wildman–Crippen LogP) is 5.44. The molecule has 2 aromatic carbocycles. The highest BCUT2D eigenvalue weighted by Gasteiger charge is 2.31. The van der Waals surface area contributed by atoms with Crippen LogP contribution >= 0.6 is 35.3 Å². The molecule has 7 nitrogen and oxygen atoms in total. The second kappa shape index (κ2) is 11.6. The number of rotatable bonds is 9. The molecule has 4 rings (SSSR count). The van der Waals surface area contributed by atoms with Crippen LogP contribution in [0.3, 0.4) is 0 Å². The number of methoxy groups -OCH3 is 3. The SMILES string of the molecule is COc1ccc(CCN2C(=O)C(=Cc3ccc(OC(=O)c4cccs4)c(OC)c3)SC2=S)cc1OC. The summed E-state index contributed by atoms with van der Waals surface area (Å²) in [7, 11) is 4.67. The minimum absolute atomic E-state index is 0.155. The lowest BCUT2D eigenvalue weighted by molar-refractivity contribution is -0.122. The van der Waals surface area contributed by atoms with Crippen molar-refractivity contribution in [2.24, 2.45) is 0 Å². The van der Waals surface area contributed by atoms with Gasteiger partial charge in [0, 0.05) is 6.54 Å². The number of thiophene rings is 1. The number of thioether (sulfide) groups is 1. The molecule has 1 fully saturated rings. The molecule has 0 unspecified atom stereocenters. The molecule has 0 bridgehead atoms. The first kappa shape index (κ1) is 25.7. The molecule has 1 aliphatic heterocycles. The second-order valence-electron chi connectivity index (χ2n) is 7.55. The van der Waals surface area contributed by atoms with Gasteiger partial charge < -0.3 is 18.9 Å². The van der Waals surface area contributed by atoms with Gasteiger partial charge in [-0.2, -0.15) is 0 Å². The number of hydrogen-bond acceptors (Lipinski definition) is 9. The monoisotopic (exact) mass is 541 g/mol. The van der Waals surface area contributed by atoms with Crippen LogP contribution in [0.25, 0.3) is 6.08 Å². The van der Waals surface area contributed by atoms with Crippen LogP contribution in [0.2, 0.25) is 0 Å². The first-order chi connectivity index (χ1) is 17.4. The predicted molar refractivity (Wildman–Crippen MR) is 145 cm³/mol. The van der Waals surface area contributed by atoms with Crippen molar-refractivity contribution < 1.29 is 28.5 Å². The zero-order chi connectivity index (χ0) is 25.7. The van der Waals surface area contributed by atoms with E-state index in [2.05, 4.69) is 0 Å². The summed E-state index contributed by atoms with van der Waals surface area (Å²) in [6.45, 7) is 0.443. The normalized spacial score (nSPS) is 14.3. The fourth-order valence-corrected chi connectivity index (χ4v) is 5.43. The Labute approximate surface area is 222 Å². The summed E-state index contributed by atoms with van der Waals surface area (Å²) in [6, 6.07) is 14.3. The Kier molecular flexibility index (Phi) is 8.29. The summed E-state index contributed by atoms with van der Waals surface area (Å²) < 4.78 is 22.0. The van der Waals surface area contributed by atoms with Gasteiger partial charge in [-0.1, -0.05) is 42.2 Å². The molecular formula is C26H23NO6S3. The van der Waals surface area contributed by atoms with Gasteiger partial charge in [-0.3, -0.25) is 9.69 Å². The Bertz CT molecular complexity index is 1320. The molecule has 1 aromatic heterocycles. The van der Waals surface area contributed by atoms with E-state index in [9.17, 15) is 9.59 Å². The Morgan fingerprint density at radius 3 is 2.39 bits per heavy atom. The van der Waals surface area contributed by atoms with Gasteiger partial charge in [-0.05, 0) is 59.3 Å². The fourth-order valence-electron chi connectivity index (χ4n) is 3.52. The Hall–Kier alpha value is -3.34. The molecule has 3 aromatic rings. The Morgan fingerprint density at radius 2 is 1.69 bits per heavy atom. The molecule has 36 heavy (non-hydrogen) atoms. The van der Waals surface area contributed by atoms with Crippen LogP contribution in [0.15, 0.2) is 58.8 Å². The Balaban J connectivity index is 1.45. The first-order valence-electron chi connectivity index (χ1n) is 10.8. The van der Waals surface area contributed by atoms with Crippen LogP contribution in [0, 0.1) is 0 Å². The van der Waals surface area contributed by atoms with E-state index in [0.29, 0.717) is 50.1 Å². The van der Waals surface area contributed by atoms with Gasteiger partial charge in [0.15, 0.2) is 23.0 Å². The van der Waals surface area contributed by atoms with Crippen molar-refractivity contribution in [1.29, 1.82) is 0 Å². The maximum absolute atomic E-state index is 13.1. The molecule has 0 N–H and O–H groups in total. The first-order valence-corrected chi connectivity index (χ1v) is 12.9. The van der Waals surface area contributed by atoms with Gasteiger partial charge in [0.2, 0.25) is 0 Å². The van der Waals surface area contributed by atoms with Gasteiger partial charge in [-0.15, -0.1) is 11.3 Å². The number of carbonyl (C=O) groups excluding carboxylic acids is 2. The van der Waals surface area contributed by atoms with Crippen LogP contribution in [0.5, 0.6) is 23.0 Å². The molecule has 1 saturated heterocycles. The van der Waals surface area contributed by atoms with Crippen molar-refractivity contribution in [3.8, 4) is 23.0 Å². The number of amides is 1. The van der Waals surface area contributed by atoms with Crippen molar-refractivity contribution >= 4 is 57.6 Å². The van der Waals surface area contributed by atoms with Crippen molar-refractivity contribution in [1.82, 2.24) is 4.90 Å². The standard InChI is InChI=1S/C26H23NO6S3/c1-30-18-8-6-16(13-20(18)31-2)10-11-27-24(28)23(36-26(27)34)15-17-7-9-19(21(14-17)32-3)33-25(29)22-5-4-12-35-22/h4-9,12-15H,10-11H2,1-3H3. The molecule has 0 radical (unpaired) electrons. The highest BCUT2D eigenvalue weighted by molar-refractivity contribution is 8.26. The average molecular weight is 542 g/mol. The summed E-state index contributed by atoms with van der Waals surface area (Å²) in [5.41, 5.74) is 1.73. The molecule has 0 saturated carbocycles. The fraction of sp³-hybridized carbons (Fsp3) is 0.192. The van der Waals surface area contributed by atoms with Crippen LogP contribution in [-0.2, 0) is 11.2 Å². The number of esters is 1. The average Bonchev–Trinajstić information content (AvgIpc) is 3.52. The van der Waals surface area contributed by atoms with Crippen LogP contribution in [0.4, 0.5) is 0 Å². The number of thiocarbonyl (C=S) groups is 1. The molecule has 10 heteroatoms. The number of benzene rings is 2. The minimum atomic E-state index is -0.452. The van der Waals surface area contributed by atoms with Crippen LogP contribution in [-0.4, -0.2) is 49.0 Å². The van der Waals surface area contributed by atoms with E-state index in [1.807, 2.05) is 18.2 Å². The highest BCUT2D eigenvalue weighted by Crippen LogP contribution is 2.35. The lowest BCUT2D eigenvalue weighted by Crippen LogP contribution is -2.30. The quantitative estimate of drug-likeness (QED) is 0.154. The lowest BCUT2D eigenvalue weighted by atomic mass is 10.1. The van der Waals surface area contributed by atoms with E-state index in [0.717, 1.165) is 11.1 Å². The summed E-state index contributed by atoms with van der Waals surface area (Å²) in [6.07, 6.45) is 2.36. The maximum atomic E-state index is 13.1. The van der Waals surface area contributed by atoms with Gasteiger partial charge in [0.05, 0.1) is 26.2 Å². The molecule has 0 atom stereocenters. The minimum Gasteiger partial charge on any atom is -0.493 e. The van der Waals surface area contributed by atoms with Crippen molar-refractivity contribution in [2.75, 3.05) is 27.9 Å². The molecule has 0 spiro atoms. The zero-order valence-corrected chi connectivity index (χ0v) is 22.3. The summed E-state index contributed by atoms with van der Waals surface area (Å²) in [5.74, 6) is 1.37. The molecular weight excluding hydrogens is 518 g/mol. The van der Waals surface area contributed by atoms with E-state index >= 15 is 0 Å². The van der Waals surface area contributed by atoms with E-state index in [1.54, 1.807) is 60.9 Å². The van der Waals surface area contributed by atoms with Gasteiger partial charge in [0.25, 0.3) is 5.91 Å². The topological polar surface area (TPSA) is 74.3 Å². The third kappa shape index (κ3) is 5.72. The van der Waals surface area contributed by atoms with Crippen molar-refractivity contribution in [3.63, 3.8) is 0 Å². The van der Waals surface area contributed by atoms with Crippen LogP contribution < -0.4 is 18.9 Å². The van der Waals surface area contributed by atoms with Crippen LogP contribution in [0.1, 0.15) is 20.8 Å². The van der Waals surface area contributed by atoms with E-state index < -0.39 is 5.97 Å². The highest BCUT2D eigenvalue weighted by atomic mass is 32.2. The number of ether oxygens (including phenoxy) is 4. The molecule has 0 aliphatic carbocycles. The van der Waals surface area contributed by atoms with Crippen molar-refractivity contribution in [2.45, 2.75) is 6.42 Å².